The zero-order chi connectivity index (χ0) is 10.8. The van der Waals surface area contributed by atoms with E-state index in [2.05, 4.69) is 0 Å². The number of sulfonamides is 1. The second kappa shape index (κ2) is 5.20. The lowest BCUT2D eigenvalue weighted by Crippen LogP contribution is -2.13. The van der Waals surface area contributed by atoms with Crippen LogP contribution in [0.1, 0.15) is 0 Å². The fraction of sp³-hybridized carbons (Fsp3) is 0.250. The van der Waals surface area contributed by atoms with Crippen LogP contribution < -0.4 is 14.6 Å². The highest BCUT2D eigenvalue weighted by Crippen LogP contribution is 2.32. The van der Waals surface area contributed by atoms with Crippen LogP contribution in [0.25, 0.3) is 0 Å². The smallest absolute Gasteiger partial charge is 0.241 e. The van der Waals surface area contributed by atoms with Gasteiger partial charge < -0.3 is 9.47 Å². The van der Waals surface area contributed by atoms with Crippen LogP contribution >= 0.6 is 12.4 Å². The second-order valence-corrected chi connectivity index (χ2v) is 4.07. The van der Waals surface area contributed by atoms with E-state index in [9.17, 15) is 8.42 Å². The van der Waals surface area contributed by atoms with Crippen molar-refractivity contribution in [3.63, 3.8) is 0 Å². The average Bonchev–Trinajstić information content (AvgIpc) is 2.15. The maximum Gasteiger partial charge on any atom is 0.241 e. The van der Waals surface area contributed by atoms with Crippen molar-refractivity contribution in [3.8, 4) is 11.5 Å². The maximum atomic E-state index is 11.1. The van der Waals surface area contributed by atoms with E-state index < -0.39 is 10.0 Å². The molecular weight excluding hydrogens is 242 g/mol. The molecule has 1 aromatic rings. The lowest BCUT2D eigenvalue weighted by molar-refractivity contribution is 0.347. The van der Waals surface area contributed by atoms with Gasteiger partial charge in [0.15, 0.2) is 11.5 Å². The van der Waals surface area contributed by atoms with E-state index in [1.807, 2.05) is 0 Å². The molecule has 1 aromatic carbocycles. The van der Waals surface area contributed by atoms with Gasteiger partial charge in [-0.2, -0.15) is 0 Å². The summed E-state index contributed by atoms with van der Waals surface area (Å²) in [6.07, 6.45) is 0. The van der Waals surface area contributed by atoms with E-state index in [0.29, 0.717) is 5.75 Å². The van der Waals surface area contributed by atoms with Crippen LogP contribution in [0.5, 0.6) is 11.5 Å². The highest BCUT2D eigenvalue weighted by atomic mass is 35.5. The Bertz CT molecular complexity index is 432. The summed E-state index contributed by atoms with van der Waals surface area (Å²) >= 11 is 0. The fourth-order valence-corrected chi connectivity index (χ4v) is 1.79. The normalized spacial score (nSPS) is 10.3. The van der Waals surface area contributed by atoms with Gasteiger partial charge in [0.05, 0.1) is 14.2 Å². The van der Waals surface area contributed by atoms with Crippen molar-refractivity contribution in [2.45, 2.75) is 4.90 Å². The number of methoxy groups -OCH3 is 2. The van der Waals surface area contributed by atoms with Gasteiger partial charge in [-0.15, -0.1) is 12.4 Å². The lowest BCUT2D eigenvalue weighted by Gasteiger charge is -2.10. The zero-order valence-electron chi connectivity index (χ0n) is 8.26. The molecule has 0 aromatic heterocycles. The van der Waals surface area contributed by atoms with Crippen molar-refractivity contribution in [2.75, 3.05) is 14.2 Å². The number of benzene rings is 1. The largest absolute Gasteiger partial charge is 0.493 e. The molecule has 0 radical (unpaired) electrons. The molecule has 0 unspecified atom stereocenters. The topological polar surface area (TPSA) is 78.6 Å². The third-order valence-electron chi connectivity index (χ3n) is 1.67. The zero-order valence-corrected chi connectivity index (χ0v) is 9.89. The van der Waals surface area contributed by atoms with Gasteiger partial charge in [0.25, 0.3) is 0 Å². The molecule has 0 saturated heterocycles. The van der Waals surface area contributed by atoms with Crippen molar-refractivity contribution in [1.29, 1.82) is 0 Å². The Morgan fingerprint density at radius 1 is 1.20 bits per heavy atom. The van der Waals surface area contributed by atoms with Crippen molar-refractivity contribution in [1.82, 2.24) is 0 Å². The maximum absolute atomic E-state index is 11.1. The minimum absolute atomic E-state index is 0. The Labute approximate surface area is 94.6 Å². The quantitative estimate of drug-likeness (QED) is 0.863. The summed E-state index contributed by atoms with van der Waals surface area (Å²) in [5, 5.41) is 4.99. The molecule has 15 heavy (non-hydrogen) atoms. The van der Waals surface area contributed by atoms with Crippen LogP contribution in [0, 0.1) is 0 Å². The number of primary sulfonamides is 1. The molecule has 0 saturated carbocycles. The Morgan fingerprint density at radius 2 is 1.80 bits per heavy atom. The predicted molar refractivity (Wildman–Crippen MR) is 58.2 cm³/mol. The summed E-state index contributed by atoms with van der Waals surface area (Å²) in [7, 11) is -1.01. The minimum atomic E-state index is -3.78. The number of para-hydroxylation sites is 1. The highest BCUT2D eigenvalue weighted by molar-refractivity contribution is 7.89. The number of rotatable bonds is 3. The molecule has 0 aliphatic heterocycles. The molecule has 0 amide bonds. The molecule has 0 spiro atoms. The summed E-state index contributed by atoms with van der Waals surface area (Å²) in [4.78, 5) is -0.0839. The number of ether oxygens (including phenoxy) is 2. The molecule has 0 fully saturated rings. The van der Waals surface area contributed by atoms with Gasteiger partial charge in [0.2, 0.25) is 10.0 Å². The molecule has 0 aliphatic carbocycles. The summed E-state index contributed by atoms with van der Waals surface area (Å²) < 4.78 is 32.1. The molecule has 0 aliphatic rings. The molecule has 0 bridgehead atoms. The van der Waals surface area contributed by atoms with Crippen molar-refractivity contribution in [2.24, 2.45) is 5.14 Å². The predicted octanol–water partition coefficient (Wildman–Crippen LogP) is 0.773. The van der Waals surface area contributed by atoms with E-state index in [-0.39, 0.29) is 23.1 Å². The SMILES string of the molecule is COc1cccc(S(N)(=O)=O)c1OC.Cl. The fourth-order valence-electron chi connectivity index (χ4n) is 1.08. The first-order valence-electron chi connectivity index (χ1n) is 3.74. The Morgan fingerprint density at radius 3 is 2.20 bits per heavy atom. The number of nitrogens with two attached hydrogens (primary N) is 1. The van der Waals surface area contributed by atoms with Gasteiger partial charge >= 0.3 is 0 Å². The Kier molecular flexibility index (Phi) is 4.86. The van der Waals surface area contributed by atoms with Gasteiger partial charge in [0.1, 0.15) is 4.90 Å². The number of halogens is 1. The molecule has 7 heteroatoms. The first-order valence-corrected chi connectivity index (χ1v) is 5.29. The third-order valence-corrected chi connectivity index (χ3v) is 2.61. The molecule has 86 valence electrons. The van der Waals surface area contributed by atoms with Gasteiger partial charge in [-0.25, -0.2) is 13.6 Å². The second-order valence-electron chi connectivity index (χ2n) is 2.54. The third kappa shape index (κ3) is 2.98. The summed E-state index contributed by atoms with van der Waals surface area (Å²) in [5.74, 6) is 0.455. The first kappa shape index (κ1) is 14.0. The van der Waals surface area contributed by atoms with Gasteiger partial charge in [-0.05, 0) is 12.1 Å². The molecule has 0 heterocycles. The van der Waals surface area contributed by atoms with Crippen LogP contribution in [-0.2, 0) is 10.0 Å². The molecule has 5 nitrogen and oxygen atoms in total. The average molecular weight is 254 g/mol. The van der Waals surface area contributed by atoms with Crippen molar-refractivity contribution < 1.29 is 17.9 Å². The number of hydrogen-bond donors (Lipinski definition) is 1. The Balaban J connectivity index is 0.00000196. The van der Waals surface area contributed by atoms with Crippen molar-refractivity contribution >= 4 is 22.4 Å². The van der Waals surface area contributed by atoms with Crippen LogP contribution in [-0.4, -0.2) is 22.6 Å². The van der Waals surface area contributed by atoms with E-state index in [0.717, 1.165) is 0 Å². The van der Waals surface area contributed by atoms with Gasteiger partial charge in [-0.1, -0.05) is 6.07 Å². The van der Waals surface area contributed by atoms with Gasteiger partial charge in [-0.3, -0.25) is 0 Å². The summed E-state index contributed by atoms with van der Waals surface area (Å²) in [5.41, 5.74) is 0. The summed E-state index contributed by atoms with van der Waals surface area (Å²) in [6, 6.07) is 4.48. The number of hydrogen-bond acceptors (Lipinski definition) is 4. The van der Waals surface area contributed by atoms with Crippen LogP contribution in [0.15, 0.2) is 23.1 Å². The minimum Gasteiger partial charge on any atom is -0.493 e. The lowest BCUT2D eigenvalue weighted by atomic mass is 10.3. The van der Waals surface area contributed by atoms with Crippen LogP contribution in [0.3, 0.4) is 0 Å². The van der Waals surface area contributed by atoms with Crippen LogP contribution in [0.2, 0.25) is 0 Å². The molecular formula is C8H12ClNO4S. The Hall–Kier alpha value is -0.980. The standard InChI is InChI=1S/C8H11NO4S.ClH/c1-12-6-4-3-5-7(8(6)13-2)14(9,10)11;/h3-5H,1-2H3,(H2,9,10,11);1H. The van der Waals surface area contributed by atoms with E-state index >= 15 is 0 Å². The first-order chi connectivity index (χ1) is 6.50. The van der Waals surface area contributed by atoms with E-state index in [1.54, 1.807) is 6.07 Å². The molecule has 0 atom stereocenters. The van der Waals surface area contributed by atoms with E-state index in [4.69, 9.17) is 14.6 Å². The molecule has 2 N–H and O–H groups in total. The van der Waals surface area contributed by atoms with Crippen LogP contribution in [0.4, 0.5) is 0 Å². The molecule has 1 rings (SSSR count). The summed E-state index contributed by atoms with van der Waals surface area (Å²) in [6.45, 7) is 0. The monoisotopic (exact) mass is 253 g/mol. The highest BCUT2D eigenvalue weighted by Gasteiger charge is 2.17. The van der Waals surface area contributed by atoms with E-state index in [1.165, 1.54) is 26.4 Å². The van der Waals surface area contributed by atoms with Gasteiger partial charge in [0, 0.05) is 0 Å². The van der Waals surface area contributed by atoms with Crippen molar-refractivity contribution in [3.05, 3.63) is 18.2 Å².